The van der Waals surface area contributed by atoms with E-state index in [1.807, 2.05) is 20.8 Å². The van der Waals surface area contributed by atoms with Crippen molar-refractivity contribution >= 4 is 30.1 Å². The van der Waals surface area contributed by atoms with Crippen molar-refractivity contribution < 1.29 is 25.3 Å². The fraction of sp³-hybridized carbons (Fsp3) is 0.353. The molecule has 242 valence electrons. The molecule has 3 saturated heterocycles. The summed E-state index contributed by atoms with van der Waals surface area (Å²) in [5.74, 6) is -0.237. The van der Waals surface area contributed by atoms with E-state index in [1.165, 1.54) is 12.9 Å². The molecular weight excluding hydrogens is 643 g/mol. The van der Waals surface area contributed by atoms with E-state index in [-0.39, 0.29) is 59.2 Å². The van der Waals surface area contributed by atoms with Gasteiger partial charge in [0, 0.05) is 45.2 Å². The molecule has 46 heavy (non-hydrogen) atoms. The number of hydrogen-bond donors (Lipinski definition) is 0. The Bertz CT molecular complexity index is 2030. The third-order valence-electron chi connectivity index (χ3n) is 9.95. The summed E-state index contributed by atoms with van der Waals surface area (Å²) in [7, 11) is -11.5. The average molecular weight is 680 g/mol. The van der Waals surface area contributed by atoms with Crippen molar-refractivity contribution in [2.24, 2.45) is 11.8 Å². The zero-order chi connectivity index (χ0) is 32.6. The van der Waals surface area contributed by atoms with Crippen molar-refractivity contribution in [3.05, 3.63) is 112 Å². The van der Waals surface area contributed by atoms with Crippen LogP contribution in [0.3, 0.4) is 0 Å². The standard InChI is InChI=1S/C34H37N3O6S3/c1-23-4-10-26(11-5-23)44(38,39)35-17-16-29-30(18-35)32-20-37(46(42,43)28-14-8-25(3)9-15-28)22-34(32)33-21-36(19-31(29)33)45(40,41)27-12-6-24(2)7-13-27/h4-15,29,31H,16-22H2,1-3H3/t29-,31+/m1/s1. The Hall–Kier alpha value is -3.13. The molecule has 0 saturated carbocycles. The summed E-state index contributed by atoms with van der Waals surface area (Å²) in [6, 6.07) is 20.4. The van der Waals surface area contributed by atoms with Gasteiger partial charge in [0.25, 0.3) is 0 Å². The summed E-state index contributed by atoms with van der Waals surface area (Å²) < 4.78 is 87.5. The third-order valence-corrected chi connectivity index (χ3v) is 15.4. The fourth-order valence-electron chi connectivity index (χ4n) is 7.32. The maximum absolute atomic E-state index is 13.9. The van der Waals surface area contributed by atoms with E-state index in [2.05, 4.69) is 0 Å². The van der Waals surface area contributed by atoms with Crippen LogP contribution in [0.5, 0.6) is 0 Å². The Kier molecular flexibility index (Phi) is 7.69. The second-order valence-corrected chi connectivity index (χ2v) is 18.7. The highest BCUT2D eigenvalue weighted by Crippen LogP contribution is 2.50. The SMILES string of the molecule is Cc1ccc(S(=O)(=O)N2CC3=C4CN(S(=O)(=O)c5ccc(C)cc5)CC[C@H]4[C@@H]4CN(S(=O)(=O)c5ccc(C)cc5)CC4=C3C2)cc1. The van der Waals surface area contributed by atoms with E-state index in [0.29, 0.717) is 13.0 Å². The first-order valence-corrected chi connectivity index (χ1v) is 19.7. The summed E-state index contributed by atoms with van der Waals surface area (Å²) in [5.41, 5.74) is 6.41. The van der Waals surface area contributed by atoms with E-state index in [4.69, 9.17) is 0 Å². The first-order valence-electron chi connectivity index (χ1n) is 15.4. The van der Waals surface area contributed by atoms with E-state index in [0.717, 1.165) is 39.0 Å². The molecule has 12 heteroatoms. The summed E-state index contributed by atoms with van der Waals surface area (Å²) in [6.45, 7) is 6.86. The first kappa shape index (κ1) is 31.5. The highest BCUT2D eigenvalue weighted by atomic mass is 32.2. The zero-order valence-corrected chi connectivity index (χ0v) is 28.5. The largest absolute Gasteiger partial charge is 0.243 e. The van der Waals surface area contributed by atoms with Gasteiger partial charge in [-0.15, -0.1) is 0 Å². The lowest BCUT2D eigenvalue weighted by atomic mass is 9.71. The van der Waals surface area contributed by atoms with Gasteiger partial charge < -0.3 is 0 Å². The minimum Gasteiger partial charge on any atom is -0.207 e. The second-order valence-electron chi connectivity index (χ2n) is 12.9. The van der Waals surface area contributed by atoms with Gasteiger partial charge in [-0.3, -0.25) is 0 Å². The zero-order valence-electron chi connectivity index (χ0n) is 26.0. The molecule has 3 aromatic rings. The molecule has 0 unspecified atom stereocenters. The van der Waals surface area contributed by atoms with Crippen LogP contribution in [0.4, 0.5) is 0 Å². The maximum Gasteiger partial charge on any atom is 0.243 e. The predicted octanol–water partition coefficient (Wildman–Crippen LogP) is 4.25. The van der Waals surface area contributed by atoms with Crippen molar-refractivity contribution in [1.29, 1.82) is 0 Å². The van der Waals surface area contributed by atoms with Crippen LogP contribution in [0, 0.1) is 32.6 Å². The average Bonchev–Trinajstić information content (AvgIpc) is 3.68. The van der Waals surface area contributed by atoms with Crippen molar-refractivity contribution in [1.82, 2.24) is 12.9 Å². The van der Waals surface area contributed by atoms with Gasteiger partial charge in [-0.05, 0) is 91.8 Å². The Labute approximate surface area is 272 Å². The smallest absolute Gasteiger partial charge is 0.207 e. The number of aryl methyl sites for hydroxylation is 3. The molecule has 0 radical (unpaired) electrons. The van der Waals surface area contributed by atoms with Crippen LogP contribution >= 0.6 is 0 Å². The van der Waals surface area contributed by atoms with E-state index in [9.17, 15) is 25.3 Å². The lowest BCUT2D eigenvalue weighted by molar-refractivity contribution is 0.285. The Morgan fingerprint density at radius 3 is 1.30 bits per heavy atom. The molecule has 0 amide bonds. The van der Waals surface area contributed by atoms with Crippen LogP contribution in [0.25, 0.3) is 0 Å². The molecule has 0 N–H and O–H groups in total. The predicted molar refractivity (Wildman–Crippen MR) is 175 cm³/mol. The van der Waals surface area contributed by atoms with Gasteiger partial charge in [0.1, 0.15) is 0 Å². The lowest BCUT2D eigenvalue weighted by Gasteiger charge is -2.40. The normalized spacial score (nSPS) is 23.0. The summed E-state index contributed by atoms with van der Waals surface area (Å²) in [4.78, 5) is 0.647. The van der Waals surface area contributed by atoms with Gasteiger partial charge in [0.2, 0.25) is 30.1 Å². The van der Waals surface area contributed by atoms with E-state index < -0.39 is 30.1 Å². The van der Waals surface area contributed by atoms with Gasteiger partial charge in [0.05, 0.1) is 14.7 Å². The number of nitrogens with zero attached hydrogens (tertiary/aromatic N) is 3. The molecule has 9 nitrogen and oxygen atoms in total. The monoisotopic (exact) mass is 679 g/mol. The van der Waals surface area contributed by atoms with Crippen molar-refractivity contribution in [3.8, 4) is 0 Å². The quantitative estimate of drug-likeness (QED) is 0.385. The minimum atomic E-state index is -3.86. The van der Waals surface area contributed by atoms with Crippen molar-refractivity contribution in [2.75, 3.05) is 39.3 Å². The minimum absolute atomic E-state index is 0.0848. The highest BCUT2D eigenvalue weighted by Gasteiger charge is 2.50. The molecule has 3 aromatic carbocycles. The highest BCUT2D eigenvalue weighted by molar-refractivity contribution is 7.89. The number of piperidine rings is 1. The van der Waals surface area contributed by atoms with E-state index >= 15 is 0 Å². The molecule has 2 atom stereocenters. The Morgan fingerprint density at radius 1 is 0.478 bits per heavy atom. The molecule has 0 spiro atoms. The Balaban J connectivity index is 1.29. The Morgan fingerprint density at radius 2 is 0.848 bits per heavy atom. The van der Waals surface area contributed by atoms with Gasteiger partial charge in [-0.2, -0.15) is 12.9 Å². The number of fused-ring (bicyclic) bond motifs is 4. The molecule has 3 heterocycles. The number of hydrogen-bond acceptors (Lipinski definition) is 6. The van der Waals surface area contributed by atoms with Crippen LogP contribution in [-0.4, -0.2) is 77.4 Å². The summed E-state index contributed by atoms with van der Waals surface area (Å²) >= 11 is 0. The lowest BCUT2D eigenvalue weighted by Crippen LogP contribution is -2.44. The molecule has 4 aliphatic rings. The summed E-state index contributed by atoms with van der Waals surface area (Å²) in [6.07, 6.45) is 0.522. The first-order chi connectivity index (χ1) is 21.8. The number of benzene rings is 3. The maximum atomic E-state index is 13.9. The molecule has 0 bridgehead atoms. The van der Waals surface area contributed by atoms with Crippen LogP contribution < -0.4 is 0 Å². The molecule has 1 aliphatic carbocycles. The topological polar surface area (TPSA) is 112 Å². The van der Waals surface area contributed by atoms with Crippen molar-refractivity contribution in [3.63, 3.8) is 0 Å². The van der Waals surface area contributed by atoms with Crippen LogP contribution in [-0.2, 0) is 30.1 Å². The number of sulfonamides is 3. The molecule has 0 aromatic heterocycles. The second kappa shape index (κ2) is 11.2. The van der Waals surface area contributed by atoms with Gasteiger partial charge >= 0.3 is 0 Å². The molecule has 3 fully saturated rings. The van der Waals surface area contributed by atoms with Crippen LogP contribution in [0.15, 0.2) is 110 Å². The summed E-state index contributed by atoms with van der Waals surface area (Å²) in [5, 5.41) is 0. The molecule has 3 aliphatic heterocycles. The van der Waals surface area contributed by atoms with Gasteiger partial charge in [-0.1, -0.05) is 53.1 Å². The molecule has 7 rings (SSSR count). The molecular formula is C34H37N3O6S3. The third kappa shape index (κ3) is 5.19. The van der Waals surface area contributed by atoms with Crippen LogP contribution in [0.2, 0.25) is 0 Å². The number of rotatable bonds is 6. The van der Waals surface area contributed by atoms with E-state index in [1.54, 1.807) is 72.8 Å². The van der Waals surface area contributed by atoms with Crippen LogP contribution in [0.1, 0.15) is 23.1 Å². The van der Waals surface area contributed by atoms with Gasteiger partial charge in [0.15, 0.2) is 0 Å². The van der Waals surface area contributed by atoms with Crippen molar-refractivity contribution in [2.45, 2.75) is 41.9 Å². The van der Waals surface area contributed by atoms with Gasteiger partial charge in [-0.25, -0.2) is 25.3 Å². The fourth-order valence-corrected chi connectivity index (χ4v) is 11.6.